The Hall–Kier alpha value is -1.13. The summed E-state index contributed by atoms with van der Waals surface area (Å²) < 4.78 is 18.6. The zero-order chi connectivity index (χ0) is 13.9. The molecule has 0 saturated carbocycles. The predicted molar refractivity (Wildman–Crippen MR) is 68.0 cm³/mol. The molecule has 0 aromatic heterocycles. The zero-order valence-electron chi connectivity index (χ0n) is 11.3. The second kappa shape index (κ2) is 5.67. The number of aliphatic hydroxyl groups excluding tert-OH is 1. The summed E-state index contributed by atoms with van der Waals surface area (Å²) in [4.78, 5) is 0. The van der Waals surface area contributed by atoms with Crippen LogP contribution in [0.5, 0.6) is 5.75 Å². The van der Waals surface area contributed by atoms with Crippen molar-refractivity contribution in [2.24, 2.45) is 5.92 Å². The average Bonchev–Trinajstić information content (AvgIpc) is 2.26. The molecule has 2 atom stereocenters. The lowest BCUT2D eigenvalue weighted by atomic mass is 9.94. The number of rotatable bonds is 5. The third-order valence-electron chi connectivity index (χ3n) is 3.19. The Morgan fingerprint density at radius 2 is 1.94 bits per heavy atom. The van der Waals surface area contributed by atoms with Crippen LogP contribution in [-0.4, -0.2) is 22.4 Å². The summed E-state index contributed by atoms with van der Waals surface area (Å²) in [5.41, 5.74) is -0.488. The fourth-order valence-electron chi connectivity index (χ4n) is 1.37. The molecule has 0 bridgehead atoms. The smallest absolute Gasteiger partial charge is 0.128 e. The monoisotopic (exact) mass is 256 g/mol. The molecule has 0 heterocycles. The molecule has 0 spiro atoms. The van der Waals surface area contributed by atoms with Crippen LogP contribution < -0.4 is 4.74 Å². The van der Waals surface area contributed by atoms with E-state index in [1.807, 2.05) is 13.8 Å². The Labute approximate surface area is 107 Å². The molecule has 0 radical (unpaired) electrons. The molecule has 0 aliphatic carbocycles. The minimum absolute atomic E-state index is 0.0149. The van der Waals surface area contributed by atoms with Gasteiger partial charge in [0.2, 0.25) is 0 Å². The van der Waals surface area contributed by atoms with Crippen molar-refractivity contribution < 1.29 is 19.3 Å². The van der Waals surface area contributed by atoms with Gasteiger partial charge < -0.3 is 14.9 Å². The zero-order valence-corrected chi connectivity index (χ0v) is 11.3. The van der Waals surface area contributed by atoms with E-state index in [0.29, 0.717) is 5.56 Å². The molecule has 0 amide bonds. The quantitative estimate of drug-likeness (QED) is 0.851. The summed E-state index contributed by atoms with van der Waals surface area (Å²) in [7, 11) is 0. The lowest BCUT2D eigenvalue weighted by Crippen LogP contribution is -2.38. The predicted octanol–water partition coefficient (Wildman–Crippen LogP) is 2.66. The van der Waals surface area contributed by atoms with Crippen LogP contribution in [0.15, 0.2) is 18.2 Å². The molecule has 1 rings (SSSR count). The van der Waals surface area contributed by atoms with Gasteiger partial charge in [0.05, 0.1) is 11.7 Å². The lowest BCUT2D eigenvalue weighted by Gasteiger charge is -2.28. The molecule has 1 unspecified atom stereocenters. The fraction of sp³-hybridized carbons (Fsp3) is 0.571. The maximum Gasteiger partial charge on any atom is 0.128 e. The van der Waals surface area contributed by atoms with E-state index in [1.54, 1.807) is 13.8 Å². The number of hydrogen-bond donors (Lipinski definition) is 2. The Morgan fingerprint density at radius 3 is 2.44 bits per heavy atom. The van der Waals surface area contributed by atoms with Gasteiger partial charge in [0, 0.05) is 11.6 Å². The second-order valence-electron chi connectivity index (χ2n) is 5.16. The Bertz CT molecular complexity index is 400. The summed E-state index contributed by atoms with van der Waals surface area (Å²) in [6.07, 6.45) is -0.746. The molecular formula is C14H21FO3. The van der Waals surface area contributed by atoms with Gasteiger partial charge in [0.15, 0.2) is 0 Å². The molecule has 0 saturated heterocycles. The first-order valence-corrected chi connectivity index (χ1v) is 6.06. The second-order valence-corrected chi connectivity index (χ2v) is 5.16. The number of halogens is 1. The van der Waals surface area contributed by atoms with Crippen LogP contribution in [0.3, 0.4) is 0 Å². The number of ether oxygens (including phenoxy) is 1. The first kappa shape index (κ1) is 14.9. The molecule has 1 aromatic carbocycles. The van der Waals surface area contributed by atoms with Crippen LogP contribution >= 0.6 is 0 Å². The van der Waals surface area contributed by atoms with Crippen molar-refractivity contribution in [3.63, 3.8) is 0 Å². The standard InChI is InChI=1S/C14H21FO3/c1-9(2)14(4,17)8-18-13-7-11(15)5-6-12(13)10(3)16/h5-7,9-10,16-17H,8H2,1-4H3/t10-,14?/m1/s1. The number of aliphatic hydroxyl groups is 2. The van der Waals surface area contributed by atoms with Crippen LogP contribution in [0.2, 0.25) is 0 Å². The molecule has 0 aliphatic rings. The van der Waals surface area contributed by atoms with Crippen LogP contribution in [-0.2, 0) is 0 Å². The van der Waals surface area contributed by atoms with Gasteiger partial charge in [-0.2, -0.15) is 0 Å². The van der Waals surface area contributed by atoms with Crippen LogP contribution in [0, 0.1) is 11.7 Å². The molecule has 0 fully saturated rings. The van der Waals surface area contributed by atoms with Crippen molar-refractivity contribution in [3.8, 4) is 5.75 Å². The summed E-state index contributed by atoms with van der Waals surface area (Å²) in [6, 6.07) is 3.98. The lowest BCUT2D eigenvalue weighted by molar-refractivity contribution is -0.0274. The van der Waals surface area contributed by atoms with Crippen LogP contribution in [0.1, 0.15) is 39.4 Å². The first-order valence-electron chi connectivity index (χ1n) is 6.06. The van der Waals surface area contributed by atoms with E-state index in [-0.39, 0.29) is 18.3 Å². The van der Waals surface area contributed by atoms with Gasteiger partial charge in [-0.3, -0.25) is 0 Å². The molecule has 2 N–H and O–H groups in total. The van der Waals surface area contributed by atoms with Gasteiger partial charge in [-0.05, 0) is 31.9 Å². The molecule has 3 nitrogen and oxygen atoms in total. The van der Waals surface area contributed by atoms with Crippen molar-refractivity contribution in [3.05, 3.63) is 29.6 Å². The summed E-state index contributed by atoms with van der Waals surface area (Å²) in [5.74, 6) is -0.148. The van der Waals surface area contributed by atoms with Crippen molar-refractivity contribution in [2.75, 3.05) is 6.61 Å². The Kier molecular flexibility index (Phi) is 4.71. The molecule has 18 heavy (non-hydrogen) atoms. The van der Waals surface area contributed by atoms with Crippen LogP contribution in [0.25, 0.3) is 0 Å². The van der Waals surface area contributed by atoms with Gasteiger partial charge in [0.1, 0.15) is 18.2 Å². The summed E-state index contributed by atoms with van der Waals surface area (Å²) in [6.45, 7) is 7.06. The highest BCUT2D eigenvalue weighted by Crippen LogP contribution is 2.27. The third kappa shape index (κ3) is 3.68. The average molecular weight is 256 g/mol. The highest BCUT2D eigenvalue weighted by molar-refractivity contribution is 5.35. The molecule has 0 aliphatic heterocycles. The molecule has 1 aromatic rings. The van der Waals surface area contributed by atoms with E-state index in [2.05, 4.69) is 0 Å². The SMILES string of the molecule is CC(C)C(C)(O)COc1cc(F)ccc1[C@@H](C)O. The largest absolute Gasteiger partial charge is 0.490 e. The topological polar surface area (TPSA) is 49.7 Å². The molecule has 102 valence electrons. The first-order chi connectivity index (χ1) is 8.24. The van der Waals surface area contributed by atoms with Gasteiger partial charge >= 0.3 is 0 Å². The van der Waals surface area contributed by atoms with Crippen LogP contribution in [0.4, 0.5) is 4.39 Å². The van der Waals surface area contributed by atoms with Crippen molar-refractivity contribution >= 4 is 0 Å². The van der Waals surface area contributed by atoms with E-state index in [9.17, 15) is 14.6 Å². The third-order valence-corrected chi connectivity index (χ3v) is 3.19. The number of hydrogen-bond acceptors (Lipinski definition) is 3. The summed E-state index contributed by atoms with van der Waals surface area (Å²) in [5, 5.41) is 19.6. The Balaban J connectivity index is 2.87. The van der Waals surface area contributed by atoms with Gasteiger partial charge in [-0.1, -0.05) is 13.8 Å². The molecule has 4 heteroatoms. The van der Waals surface area contributed by atoms with E-state index in [0.717, 1.165) is 0 Å². The van der Waals surface area contributed by atoms with E-state index < -0.39 is 17.5 Å². The number of benzene rings is 1. The highest BCUT2D eigenvalue weighted by Gasteiger charge is 2.26. The van der Waals surface area contributed by atoms with Crippen molar-refractivity contribution in [1.82, 2.24) is 0 Å². The highest BCUT2D eigenvalue weighted by atomic mass is 19.1. The minimum Gasteiger partial charge on any atom is -0.490 e. The van der Waals surface area contributed by atoms with Crippen molar-refractivity contribution in [2.45, 2.75) is 39.4 Å². The molecular weight excluding hydrogens is 235 g/mol. The van der Waals surface area contributed by atoms with E-state index >= 15 is 0 Å². The maximum atomic E-state index is 13.2. The fourth-order valence-corrected chi connectivity index (χ4v) is 1.37. The van der Waals surface area contributed by atoms with Gasteiger partial charge in [0.25, 0.3) is 0 Å². The van der Waals surface area contributed by atoms with E-state index in [1.165, 1.54) is 18.2 Å². The Morgan fingerprint density at radius 1 is 1.33 bits per heavy atom. The summed E-state index contributed by atoms with van der Waals surface area (Å²) >= 11 is 0. The normalized spacial score (nSPS) is 16.4. The van der Waals surface area contributed by atoms with Crippen molar-refractivity contribution in [1.29, 1.82) is 0 Å². The minimum atomic E-state index is -0.998. The maximum absolute atomic E-state index is 13.2. The van der Waals surface area contributed by atoms with Gasteiger partial charge in [-0.25, -0.2) is 4.39 Å². The van der Waals surface area contributed by atoms with E-state index in [4.69, 9.17) is 4.74 Å². The van der Waals surface area contributed by atoms with Gasteiger partial charge in [-0.15, -0.1) is 0 Å².